The van der Waals surface area contributed by atoms with Crippen molar-refractivity contribution in [1.82, 2.24) is 0 Å². The molecule has 0 saturated heterocycles. The maximum atomic E-state index is 11.3. The van der Waals surface area contributed by atoms with Gasteiger partial charge in [-0.05, 0) is 26.7 Å². The van der Waals surface area contributed by atoms with Gasteiger partial charge in [-0.25, -0.2) is 0 Å². The zero-order valence-corrected chi connectivity index (χ0v) is 26.6. The van der Waals surface area contributed by atoms with E-state index in [2.05, 4.69) is 18.6 Å². The van der Waals surface area contributed by atoms with E-state index in [0.717, 1.165) is 12.8 Å². The minimum absolute atomic E-state index is 0.0280. The Balaban J connectivity index is 0. The van der Waals surface area contributed by atoms with Gasteiger partial charge in [-0.1, -0.05) is 155 Å². The molecular formula is C34H68O4. The third kappa shape index (κ3) is 37.1. The highest BCUT2D eigenvalue weighted by molar-refractivity contribution is 5.69. The molecule has 0 rings (SSSR count). The fraction of sp³-hybridized carbons (Fsp3) is 0.941. The molecule has 0 N–H and O–H groups in total. The minimum Gasteiger partial charge on any atom is -0.469 e. The molecule has 0 fully saturated rings. The highest BCUT2D eigenvalue weighted by Crippen LogP contribution is 2.14. The first-order valence-electron chi connectivity index (χ1n) is 16.7. The number of carbonyl (C=O) groups excluding carboxylic acids is 2. The summed E-state index contributed by atoms with van der Waals surface area (Å²) >= 11 is 0. The lowest BCUT2D eigenvalue weighted by Crippen LogP contribution is -2.10. The SMILES string of the molecule is CCCCCCCCCCCCCC(=O)OC(C)C.CCCCCCCCCCCCCCCC(=O)OC. The maximum absolute atomic E-state index is 11.3. The summed E-state index contributed by atoms with van der Waals surface area (Å²) in [4.78, 5) is 22.2. The average molecular weight is 541 g/mol. The van der Waals surface area contributed by atoms with E-state index >= 15 is 0 Å². The summed E-state index contributed by atoms with van der Waals surface area (Å²) in [6, 6.07) is 0. The number of ether oxygens (including phenoxy) is 2. The number of hydrogen-bond acceptors (Lipinski definition) is 4. The van der Waals surface area contributed by atoms with Crippen LogP contribution in [0, 0.1) is 0 Å². The van der Waals surface area contributed by atoms with Crippen molar-refractivity contribution >= 4 is 11.9 Å². The average Bonchev–Trinajstić information content (AvgIpc) is 2.89. The van der Waals surface area contributed by atoms with Crippen molar-refractivity contribution in [2.24, 2.45) is 0 Å². The predicted molar refractivity (Wildman–Crippen MR) is 165 cm³/mol. The summed E-state index contributed by atoms with van der Waals surface area (Å²) in [5.74, 6) is -0.103. The molecule has 228 valence electrons. The van der Waals surface area contributed by atoms with Crippen LogP contribution < -0.4 is 0 Å². The zero-order valence-electron chi connectivity index (χ0n) is 26.6. The van der Waals surface area contributed by atoms with Crippen molar-refractivity contribution in [2.75, 3.05) is 7.11 Å². The van der Waals surface area contributed by atoms with E-state index in [9.17, 15) is 9.59 Å². The molecular weight excluding hydrogens is 472 g/mol. The lowest BCUT2D eigenvalue weighted by atomic mass is 10.0. The molecule has 0 bridgehead atoms. The molecule has 0 aromatic rings. The molecule has 0 aliphatic heterocycles. The molecule has 0 radical (unpaired) electrons. The number of carbonyl (C=O) groups is 2. The molecule has 4 nitrogen and oxygen atoms in total. The predicted octanol–water partition coefficient (Wildman–Crippen LogP) is 11.3. The van der Waals surface area contributed by atoms with Crippen molar-refractivity contribution < 1.29 is 19.1 Å². The van der Waals surface area contributed by atoms with E-state index in [4.69, 9.17) is 4.74 Å². The van der Waals surface area contributed by atoms with Gasteiger partial charge in [0.05, 0.1) is 13.2 Å². The van der Waals surface area contributed by atoms with Gasteiger partial charge in [0, 0.05) is 12.8 Å². The van der Waals surface area contributed by atoms with E-state index < -0.39 is 0 Å². The smallest absolute Gasteiger partial charge is 0.306 e. The van der Waals surface area contributed by atoms with Gasteiger partial charge in [-0.15, -0.1) is 0 Å². The van der Waals surface area contributed by atoms with Crippen molar-refractivity contribution in [3.8, 4) is 0 Å². The van der Waals surface area contributed by atoms with Crippen molar-refractivity contribution in [1.29, 1.82) is 0 Å². The molecule has 0 heterocycles. The van der Waals surface area contributed by atoms with Crippen LogP contribution in [0.2, 0.25) is 0 Å². The molecule has 0 atom stereocenters. The molecule has 0 aliphatic rings. The summed E-state index contributed by atoms with van der Waals surface area (Å²) in [5.41, 5.74) is 0. The van der Waals surface area contributed by atoms with Gasteiger partial charge >= 0.3 is 11.9 Å². The van der Waals surface area contributed by atoms with Crippen LogP contribution in [-0.2, 0) is 19.1 Å². The van der Waals surface area contributed by atoms with Crippen LogP contribution in [0.25, 0.3) is 0 Å². The van der Waals surface area contributed by atoms with E-state index in [-0.39, 0.29) is 18.0 Å². The standard InChI is InChI=1S/2C17H34O2/c1-4-5-6-7-8-9-10-11-12-13-14-15-17(18)19-16(2)3;1-3-4-5-6-7-8-9-10-11-12-13-14-15-16-17(18)19-2/h16H,4-15H2,1-3H3;3-16H2,1-2H3. The molecule has 38 heavy (non-hydrogen) atoms. The molecule has 0 amide bonds. The van der Waals surface area contributed by atoms with Gasteiger partial charge in [0.15, 0.2) is 0 Å². The Morgan fingerprint density at radius 1 is 0.447 bits per heavy atom. The molecule has 0 saturated carbocycles. The molecule has 0 aromatic heterocycles. The highest BCUT2D eigenvalue weighted by Gasteiger charge is 2.04. The summed E-state index contributed by atoms with van der Waals surface area (Å²) in [6.45, 7) is 8.33. The fourth-order valence-electron chi connectivity index (χ4n) is 4.64. The Labute approximate surface area is 238 Å². The Morgan fingerprint density at radius 2 is 0.711 bits per heavy atom. The highest BCUT2D eigenvalue weighted by atomic mass is 16.5. The largest absolute Gasteiger partial charge is 0.469 e. The van der Waals surface area contributed by atoms with Gasteiger partial charge in [0.25, 0.3) is 0 Å². The zero-order chi connectivity index (χ0) is 28.5. The van der Waals surface area contributed by atoms with Crippen molar-refractivity contribution in [2.45, 2.75) is 201 Å². The third-order valence-corrected chi connectivity index (χ3v) is 7.06. The first kappa shape index (κ1) is 39.1. The summed E-state index contributed by atoms with van der Waals surface area (Å²) in [7, 11) is 1.46. The Hall–Kier alpha value is -1.06. The van der Waals surface area contributed by atoms with E-state index in [0.29, 0.717) is 12.8 Å². The van der Waals surface area contributed by atoms with Gasteiger partial charge < -0.3 is 9.47 Å². The third-order valence-electron chi connectivity index (χ3n) is 7.06. The van der Waals surface area contributed by atoms with Crippen LogP contribution in [0.15, 0.2) is 0 Å². The van der Waals surface area contributed by atoms with Crippen LogP contribution in [0.1, 0.15) is 195 Å². The second-order valence-corrected chi connectivity index (χ2v) is 11.4. The second-order valence-electron chi connectivity index (χ2n) is 11.4. The second kappa shape index (κ2) is 34.0. The van der Waals surface area contributed by atoms with Gasteiger partial charge in [0.2, 0.25) is 0 Å². The minimum atomic E-state index is -0.0666. The number of unbranched alkanes of at least 4 members (excludes halogenated alkanes) is 22. The van der Waals surface area contributed by atoms with Gasteiger partial charge in [-0.2, -0.15) is 0 Å². The number of methoxy groups -OCH3 is 1. The molecule has 4 heteroatoms. The van der Waals surface area contributed by atoms with E-state index in [1.165, 1.54) is 148 Å². The quantitative estimate of drug-likeness (QED) is 0.0767. The summed E-state index contributed by atoms with van der Waals surface area (Å²) in [5, 5.41) is 0. The van der Waals surface area contributed by atoms with Gasteiger partial charge in [0.1, 0.15) is 0 Å². The van der Waals surface area contributed by atoms with E-state index in [1.807, 2.05) is 13.8 Å². The first-order valence-corrected chi connectivity index (χ1v) is 16.7. The fourth-order valence-corrected chi connectivity index (χ4v) is 4.64. The van der Waals surface area contributed by atoms with Crippen LogP contribution in [0.3, 0.4) is 0 Å². The number of hydrogen-bond donors (Lipinski definition) is 0. The lowest BCUT2D eigenvalue weighted by molar-refractivity contribution is -0.147. The molecule has 0 aromatic carbocycles. The summed E-state index contributed by atoms with van der Waals surface area (Å²) in [6.07, 6.45) is 33.1. The van der Waals surface area contributed by atoms with E-state index in [1.54, 1.807) is 0 Å². The monoisotopic (exact) mass is 541 g/mol. The van der Waals surface area contributed by atoms with Crippen LogP contribution in [0.4, 0.5) is 0 Å². The van der Waals surface area contributed by atoms with Crippen LogP contribution in [-0.4, -0.2) is 25.2 Å². The van der Waals surface area contributed by atoms with Crippen LogP contribution in [0.5, 0.6) is 0 Å². The lowest BCUT2D eigenvalue weighted by Gasteiger charge is -2.07. The van der Waals surface area contributed by atoms with Crippen molar-refractivity contribution in [3.05, 3.63) is 0 Å². The van der Waals surface area contributed by atoms with Gasteiger partial charge in [-0.3, -0.25) is 9.59 Å². The first-order chi connectivity index (χ1) is 18.5. The van der Waals surface area contributed by atoms with Crippen molar-refractivity contribution in [3.63, 3.8) is 0 Å². The van der Waals surface area contributed by atoms with Crippen LogP contribution >= 0.6 is 0 Å². The summed E-state index contributed by atoms with van der Waals surface area (Å²) < 4.78 is 9.72. The molecule has 0 spiro atoms. The number of esters is 2. The normalized spacial score (nSPS) is 10.8. The Morgan fingerprint density at radius 3 is 0.974 bits per heavy atom. The number of rotatable bonds is 27. The Kier molecular flexibility index (Phi) is 34.9. The maximum Gasteiger partial charge on any atom is 0.306 e. The topological polar surface area (TPSA) is 52.6 Å². The molecule has 0 aliphatic carbocycles. The molecule has 0 unspecified atom stereocenters. The Bertz CT molecular complexity index is 475.